The van der Waals surface area contributed by atoms with Gasteiger partial charge in [0, 0.05) is 6.61 Å². The minimum Gasteiger partial charge on any atom is -0.479 e. The monoisotopic (exact) mass is 345 g/mol. The highest BCUT2D eigenvalue weighted by Crippen LogP contribution is 2.46. The molecule has 0 aromatic rings. The van der Waals surface area contributed by atoms with E-state index in [0.29, 0.717) is 13.0 Å². The number of hydrogen-bond acceptors (Lipinski definition) is 5. The van der Waals surface area contributed by atoms with Gasteiger partial charge in [0.25, 0.3) is 0 Å². The summed E-state index contributed by atoms with van der Waals surface area (Å²) >= 11 is 0.968. The first-order valence-corrected chi connectivity index (χ1v) is 11.2. The van der Waals surface area contributed by atoms with E-state index in [-0.39, 0.29) is 22.2 Å². The molecular weight excluding hydrogens is 322 g/mol. The van der Waals surface area contributed by atoms with Crippen LogP contribution in [-0.4, -0.2) is 53.3 Å². The molecule has 2 heterocycles. The number of fused-ring (bicyclic) bond motifs is 1. The van der Waals surface area contributed by atoms with Crippen LogP contribution in [0.4, 0.5) is 0 Å². The topological polar surface area (TPSA) is 83.9 Å². The zero-order valence-corrected chi connectivity index (χ0v) is 15.4. The molecule has 2 rings (SSSR count). The zero-order chi connectivity index (χ0) is 16.9. The number of thioether (sulfide) groups is 1. The van der Waals surface area contributed by atoms with Gasteiger partial charge in [-0.1, -0.05) is 32.5 Å². The van der Waals surface area contributed by atoms with E-state index in [2.05, 4.69) is 33.9 Å². The summed E-state index contributed by atoms with van der Waals surface area (Å²) < 4.78 is 6.06. The van der Waals surface area contributed by atoms with E-state index in [0.717, 1.165) is 11.8 Å². The number of nitrogens with zero attached hydrogens (tertiary/aromatic N) is 1. The molecule has 22 heavy (non-hydrogen) atoms. The summed E-state index contributed by atoms with van der Waals surface area (Å²) in [7, 11) is -1.85. The predicted octanol–water partition coefficient (Wildman–Crippen LogP) is 1.91. The first kappa shape index (κ1) is 17.5. The fourth-order valence-corrected chi connectivity index (χ4v) is 4.80. The molecule has 0 saturated carbocycles. The highest BCUT2D eigenvalue weighted by atomic mass is 32.2. The first-order chi connectivity index (χ1) is 9.97. The fraction of sp³-hybridized carbons (Fsp3) is 0.786. The summed E-state index contributed by atoms with van der Waals surface area (Å²) in [6.07, 6.45) is 0.541. The Balaban J connectivity index is 1.91. The summed E-state index contributed by atoms with van der Waals surface area (Å²) in [5.74, 6) is -1.79. The second kappa shape index (κ2) is 5.65. The van der Waals surface area contributed by atoms with Crippen LogP contribution >= 0.6 is 11.8 Å². The van der Waals surface area contributed by atoms with Crippen molar-refractivity contribution in [2.75, 3.05) is 6.61 Å². The van der Waals surface area contributed by atoms with Crippen molar-refractivity contribution in [3.63, 3.8) is 0 Å². The fourth-order valence-electron chi connectivity index (χ4n) is 2.40. The van der Waals surface area contributed by atoms with Crippen molar-refractivity contribution in [2.45, 2.75) is 56.7 Å². The number of rotatable bonds is 5. The molecule has 0 aromatic carbocycles. The van der Waals surface area contributed by atoms with E-state index in [4.69, 9.17) is 9.53 Å². The molecule has 0 radical (unpaired) electrons. The lowest BCUT2D eigenvalue weighted by Gasteiger charge is -2.43. The molecule has 2 fully saturated rings. The van der Waals surface area contributed by atoms with Gasteiger partial charge >= 0.3 is 5.97 Å². The first-order valence-electron chi connectivity index (χ1n) is 7.37. The van der Waals surface area contributed by atoms with Crippen LogP contribution in [0.5, 0.6) is 0 Å². The lowest BCUT2D eigenvalue weighted by molar-refractivity contribution is -0.164. The third-order valence-corrected chi connectivity index (χ3v) is 10.7. The number of carboxylic acids is 1. The Kier molecular flexibility index (Phi) is 4.49. The van der Waals surface area contributed by atoms with Crippen molar-refractivity contribution in [2.24, 2.45) is 5.92 Å². The van der Waals surface area contributed by atoms with Gasteiger partial charge in [0.2, 0.25) is 11.0 Å². The Hall–Kier alpha value is -0.863. The molecule has 8 heteroatoms. The zero-order valence-electron chi connectivity index (χ0n) is 13.6. The molecule has 0 aliphatic carbocycles. The van der Waals surface area contributed by atoms with Gasteiger partial charge in [-0.15, -0.1) is 0 Å². The molecule has 1 unspecified atom stereocenters. The molecule has 0 aromatic heterocycles. The van der Waals surface area contributed by atoms with Gasteiger partial charge in [-0.2, -0.15) is 0 Å². The molecule has 3 atom stereocenters. The Bertz CT molecular complexity index is 516. The lowest BCUT2D eigenvalue weighted by atomic mass is 9.93. The molecule has 1 amide bonds. The van der Waals surface area contributed by atoms with Crippen LogP contribution < -0.4 is 0 Å². The van der Waals surface area contributed by atoms with Crippen LogP contribution in [0.3, 0.4) is 0 Å². The van der Waals surface area contributed by atoms with Gasteiger partial charge in [-0.05, 0) is 24.6 Å². The summed E-state index contributed by atoms with van der Waals surface area (Å²) in [5.41, 5.74) is 0. The highest BCUT2D eigenvalue weighted by Gasteiger charge is 2.60. The second-order valence-corrected chi connectivity index (χ2v) is 13.2. The molecule has 124 valence electrons. The third-order valence-electron chi connectivity index (χ3n) is 4.86. The van der Waals surface area contributed by atoms with Crippen molar-refractivity contribution in [3.8, 4) is 0 Å². The number of carbonyl (C=O) groups is 3. The normalized spacial score (nSPS) is 28.6. The van der Waals surface area contributed by atoms with Crippen LogP contribution in [0.1, 0.15) is 27.2 Å². The maximum atomic E-state index is 12.1. The van der Waals surface area contributed by atoms with E-state index < -0.39 is 25.4 Å². The quantitative estimate of drug-likeness (QED) is 0.465. The summed E-state index contributed by atoms with van der Waals surface area (Å²) in [6, 6.07) is -1.31. The number of carbonyl (C=O) groups excluding carboxylic acids is 2. The van der Waals surface area contributed by atoms with Gasteiger partial charge in [0.15, 0.2) is 14.4 Å². The third kappa shape index (κ3) is 2.83. The van der Waals surface area contributed by atoms with Crippen molar-refractivity contribution >= 4 is 37.1 Å². The average molecular weight is 345 g/mol. The maximum Gasteiger partial charge on any atom is 0.335 e. The van der Waals surface area contributed by atoms with Gasteiger partial charge < -0.3 is 14.4 Å². The standard InChI is InChI=1S/C14H23NO5SSi/c1-14(2,3)22(4,5)20-7-6-8-10(16)15-9(12(17)18)13(19)21-11(8)15/h8-9,11H,6-7H2,1-5H3,(H,17,18)/t8-,9?,11+/m0/s1. The predicted molar refractivity (Wildman–Crippen MR) is 85.9 cm³/mol. The minimum absolute atomic E-state index is 0.106. The van der Waals surface area contributed by atoms with Crippen LogP contribution in [0, 0.1) is 5.92 Å². The summed E-state index contributed by atoms with van der Waals surface area (Å²) in [4.78, 5) is 36.1. The minimum atomic E-state index is -1.85. The largest absolute Gasteiger partial charge is 0.479 e. The number of amides is 1. The maximum absolute atomic E-state index is 12.1. The SMILES string of the molecule is CC(C)(C)[Si](C)(C)OCC[C@H]1C(=O)N2C(C(=O)O)C(=O)S[C@H]12. The van der Waals surface area contributed by atoms with E-state index in [1.165, 1.54) is 4.90 Å². The molecule has 6 nitrogen and oxygen atoms in total. The van der Waals surface area contributed by atoms with Gasteiger partial charge in [0.05, 0.1) is 11.3 Å². The summed E-state index contributed by atoms with van der Waals surface area (Å²) in [6.45, 7) is 11.2. The van der Waals surface area contributed by atoms with Crippen molar-refractivity contribution < 1.29 is 23.9 Å². The number of carboxylic acid groups (broad SMARTS) is 1. The van der Waals surface area contributed by atoms with Crippen LogP contribution in [0.2, 0.25) is 18.1 Å². The van der Waals surface area contributed by atoms with Gasteiger partial charge in [0.1, 0.15) is 0 Å². The smallest absolute Gasteiger partial charge is 0.335 e. The summed E-state index contributed by atoms with van der Waals surface area (Å²) in [5, 5.41) is 8.37. The molecule has 1 N–H and O–H groups in total. The molecule has 0 spiro atoms. The Morgan fingerprint density at radius 3 is 2.45 bits per heavy atom. The van der Waals surface area contributed by atoms with E-state index in [1.54, 1.807) is 0 Å². The van der Waals surface area contributed by atoms with Gasteiger partial charge in [-0.3, -0.25) is 9.59 Å². The number of β-lactam (4-membered cyclic amide) rings is 1. The molecule has 0 bridgehead atoms. The number of hydrogen-bond donors (Lipinski definition) is 1. The molecule has 2 saturated heterocycles. The molecule has 2 aliphatic heterocycles. The Labute approximate surface area is 135 Å². The molecular formula is C14H23NO5SSi. The van der Waals surface area contributed by atoms with E-state index in [9.17, 15) is 14.4 Å². The number of aliphatic carboxylic acids is 1. The van der Waals surface area contributed by atoms with Crippen LogP contribution in [-0.2, 0) is 18.8 Å². The van der Waals surface area contributed by atoms with Crippen LogP contribution in [0.25, 0.3) is 0 Å². The van der Waals surface area contributed by atoms with Crippen molar-refractivity contribution in [1.82, 2.24) is 4.90 Å². The van der Waals surface area contributed by atoms with Gasteiger partial charge in [-0.25, -0.2) is 4.79 Å². The van der Waals surface area contributed by atoms with Crippen molar-refractivity contribution in [1.29, 1.82) is 0 Å². The lowest BCUT2D eigenvalue weighted by Crippen LogP contribution is -2.61. The second-order valence-electron chi connectivity index (χ2n) is 7.32. The van der Waals surface area contributed by atoms with E-state index in [1.807, 2.05) is 0 Å². The Morgan fingerprint density at radius 2 is 1.95 bits per heavy atom. The Morgan fingerprint density at radius 1 is 1.36 bits per heavy atom. The van der Waals surface area contributed by atoms with Crippen molar-refractivity contribution in [3.05, 3.63) is 0 Å². The average Bonchev–Trinajstić information content (AvgIpc) is 2.67. The van der Waals surface area contributed by atoms with E-state index >= 15 is 0 Å². The van der Waals surface area contributed by atoms with Crippen LogP contribution in [0.15, 0.2) is 0 Å². The highest BCUT2D eigenvalue weighted by molar-refractivity contribution is 8.14. The molecule has 2 aliphatic rings.